The van der Waals surface area contributed by atoms with Gasteiger partial charge in [-0.05, 0) is 44.0 Å². The van der Waals surface area contributed by atoms with Crippen molar-refractivity contribution in [2.24, 2.45) is 0 Å². The Morgan fingerprint density at radius 1 is 1.25 bits per heavy atom. The first-order chi connectivity index (χ1) is 13.6. The van der Waals surface area contributed by atoms with Gasteiger partial charge in [0.1, 0.15) is 6.04 Å². The zero-order valence-corrected chi connectivity index (χ0v) is 17.5. The lowest BCUT2D eigenvalue weighted by molar-refractivity contribution is -0.683. The fraction of sp³-hybridized carbons (Fsp3) is 0.364. The number of hydrogen-bond acceptors (Lipinski definition) is 3. The Morgan fingerprint density at radius 3 is 2.79 bits per heavy atom. The van der Waals surface area contributed by atoms with Gasteiger partial charge in [-0.2, -0.15) is 0 Å². The van der Waals surface area contributed by atoms with E-state index in [4.69, 9.17) is 16.6 Å². The number of fused-ring (bicyclic) bond motifs is 1. The molecular weight excluding hydrogens is 390 g/mol. The number of carbonyl (C=O) groups is 1. The Labute approximate surface area is 174 Å². The van der Waals surface area contributed by atoms with Crippen molar-refractivity contribution in [3.05, 3.63) is 64.1 Å². The van der Waals surface area contributed by atoms with Gasteiger partial charge in [-0.3, -0.25) is 4.79 Å². The molecule has 1 aliphatic heterocycles. The molecule has 28 heavy (non-hydrogen) atoms. The van der Waals surface area contributed by atoms with E-state index in [0.29, 0.717) is 12.5 Å². The Morgan fingerprint density at radius 2 is 2.04 bits per heavy atom. The molecule has 0 saturated carbocycles. The molecule has 0 spiro atoms. The normalized spacial score (nSPS) is 16.4. The van der Waals surface area contributed by atoms with Gasteiger partial charge in [-0.25, -0.2) is 4.98 Å². The van der Waals surface area contributed by atoms with Gasteiger partial charge in [0.05, 0.1) is 15.2 Å². The van der Waals surface area contributed by atoms with Gasteiger partial charge in [0.2, 0.25) is 0 Å². The molecule has 0 radical (unpaired) electrons. The first-order valence-electron chi connectivity index (χ1n) is 9.82. The van der Waals surface area contributed by atoms with Crippen LogP contribution in [-0.2, 0) is 4.79 Å². The summed E-state index contributed by atoms with van der Waals surface area (Å²) in [4.78, 5) is 19.5. The molecule has 4 nitrogen and oxygen atoms in total. The zero-order valence-electron chi connectivity index (χ0n) is 16.0. The van der Waals surface area contributed by atoms with Crippen molar-refractivity contribution in [2.75, 3.05) is 19.6 Å². The van der Waals surface area contributed by atoms with Crippen LogP contribution in [0.5, 0.6) is 0 Å². The summed E-state index contributed by atoms with van der Waals surface area (Å²) in [7, 11) is 0. The van der Waals surface area contributed by atoms with Crippen molar-refractivity contribution in [3.63, 3.8) is 0 Å². The van der Waals surface area contributed by atoms with E-state index in [1.54, 1.807) is 11.3 Å². The second kappa shape index (κ2) is 8.60. The summed E-state index contributed by atoms with van der Waals surface area (Å²) in [6.07, 6.45) is 1.99. The largest absolute Gasteiger partial charge is 0.338 e. The average molecular weight is 415 g/mol. The molecule has 0 bridgehead atoms. The van der Waals surface area contributed by atoms with E-state index in [9.17, 15) is 4.79 Å². The average Bonchev–Trinajstić information content (AvgIpc) is 3.16. The zero-order chi connectivity index (χ0) is 19.5. The number of benzene rings is 2. The number of piperidine rings is 1. The van der Waals surface area contributed by atoms with Gasteiger partial charge in [0.15, 0.2) is 6.54 Å². The van der Waals surface area contributed by atoms with Gasteiger partial charge in [0.25, 0.3) is 5.91 Å². The lowest BCUT2D eigenvalue weighted by Gasteiger charge is -2.30. The van der Waals surface area contributed by atoms with E-state index in [2.05, 4.69) is 36.5 Å². The van der Waals surface area contributed by atoms with Crippen molar-refractivity contribution in [3.8, 4) is 0 Å². The summed E-state index contributed by atoms with van der Waals surface area (Å²) < 4.78 is 1.25. The SMILES string of the molecule is C[C@@H]([NH2+]CC(=O)N1CCC(c2nc3ccccc3s2)CC1)c1cccc(Cl)c1. The smallest absolute Gasteiger partial charge is 0.277 e. The maximum absolute atomic E-state index is 12.6. The number of rotatable bonds is 5. The van der Waals surface area contributed by atoms with E-state index in [1.807, 2.05) is 29.2 Å². The summed E-state index contributed by atoms with van der Waals surface area (Å²) in [5.74, 6) is 0.687. The molecule has 1 saturated heterocycles. The quantitative estimate of drug-likeness (QED) is 0.686. The molecule has 0 aliphatic carbocycles. The van der Waals surface area contributed by atoms with E-state index < -0.39 is 0 Å². The van der Waals surface area contributed by atoms with E-state index in [-0.39, 0.29) is 11.9 Å². The third kappa shape index (κ3) is 4.37. The number of para-hydroxylation sites is 1. The fourth-order valence-electron chi connectivity index (χ4n) is 3.77. The van der Waals surface area contributed by atoms with E-state index >= 15 is 0 Å². The van der Waals surface area contributed by atoms with Gasteiger partial charge >= 0.3 is 0 Å². The molecular formula is C22H25ClN3OS+. The standard InChI is InChI=1S/C22H24ClN3OS/c1-15(17-5-4-6-18(23)13-17)24-14-21(27)26-11-9-16(10-12-26)22-25-19-7-2-3-8-20(19)28-22/h2-8,13,15-16,24H,9-12,14H2,1H3/p+1/t15-/m1/s1. The van der Waals surface area contributed by atoms with Crippen LogP contribution in [0.25, 0.3) is 10.2 Å². The number of likely N-dealkylation sites (tertiary alicyclic amines) is 1. The van der Waals surface area contributed by atoms with Crippen LogP contribution in [0.15, 0.2) is 48.5 Å². The van der Waals surface area contributed by atoms with Crippen LogP contribution < -0.4 is 5.32 Å². The molecule has 2 aromatic carbocycles. The maximum atomic E-state index is 12.6. The van der Waals surface area contributed by atoms with Crippen LogP contribution in [0.4, 0.5) is 0 Å². The van der Waals surface area contributed by atoms with Gasteiger partial charge in [-0.1, -0.05) is 35.9 Å². The van der Waals surface area contributed by atoms with Crippen LogP contribution in [0.1, 0.15) is 42.3 Å². The maximum Gasteiger partial charge on any atom is 0.277 e. The summed E-state index contributed by atoms with van der Waals surface area (Å²) in [6.45, 7) is 4.22. The first-order valence-corrected chi connectivity index (χ1v) is 11.0. The molecule has 1 amide bonds. The number of quaternary nitrogens is 1. The van der Waals surface area contributed by atoms with Crippen molar-refractivity contribution in [1.82, 2.24) is 9.88 Å². The number of thiazole rings is 1. The van der Waals surface area contributed by atoms with Crippen LogP contribution in [0.2, 0.25) is 5.02 Å². The highest BCUT2D eigenvalue weighted by Gasteiger charge is 2.26. The summed E-state index contributed by atoms with van der Waals surface area (Å²) in [5, 5.41) is 4.05. The number of hydrogen-bond donors (Lipinski definition) is 1. The van der Waals surface area contributed by atoms with Crippen molar-refractivity contribution in [2.45, 2.75) is 31.7 Å². The summed E-state index contributed by atoms with van der Waals surface area (Å²) in [5.41, 5.74) is 2.24. The Bertz CT molecular complexity index is 932. The Hall–Kier alpha value is -1.95. The molecule has 0 unspecified atom stereocenters. The van der Waals surface area contributed by atoms with Gasteiger partial charge in [0, 0.05) is 29.6 Å². The highest BCUT2D eigenvalue weighted by molar-refractivity contribution is 7.18. The minimum Gasteiger partial charge on any atom is -0.338 e. The minimum atomic E-state index is 0.211. The lowest BCUT2D eigenvalue weighted by Crippen LogP contribution is -2.87. The molecule has 1 atom stereocenters. The molecule has 4 rings (SSSR count). The molecule has 1 fully saturated rings. The predicted molar refractivity (Wildman–Crippen MR) is 115 cm³/mol. The number of aromatic nitrogens is 1. The van der Waals surface area contributed by atoms with Crippen LogP contribution >= 0.6 is 22.9 Å². The molecule has 146 valence electrons. The van der Waals surface area contributed by atoms with Gasteiger partial charge in [-0.15, -0.1) is 11.3 Å². The molecule has 3 aromatic rings. The highest BCUT2D eigenvalue weighted by atomic mass is 35.5. The third-order valence-electron chi connectivity index (χ3n) is 5.53. The number of halogens is 1. The molecule has 6 heteroatoms. The van der Waals surface area contributed by atoms with Gasteiger partial charge < -0.3 is 10.2 Å². The molecule has 1 aromatic heterocycles. The highest BCUT2D eigenvalue weighted by Crippen LogP contribution is 2.33. The predicted octanol–water partition coefficient (Wildman–Crippen LogP) is 3.98. The first kappa shape index (κ1) is 19.4. The third-order valence-corrected chi connectivity index (χ3v) is 6.96. The Balaban J connectivity index is 1.29. The van der Waals surface area contributed by atoms with Crippen LogP contribution in [0.3, 0.4) is 0 Å². The summed E-state index contributed by atoms with van der Waals surface area (Å²) in [6, 6.07) is 16.4. The van der Waals surface area contributed by atoms with E-state index in [0.717, 1.165) is 42.0 Å². The van der Waals surface area contributed by atoms with Crippen LogP contribution in [0, 0.1) is 0 Å². The Kier molecular flexibility index (Phi) is 5.95. The number of amides is 1. The number of nitrogens with two attached hydrogens (primary N) is 1. The van der Waals surface area contributed by atoms with E-state index in [1.165, 1.54) is 9.71 Å². The second-order valence-corrected chi connectivity index (χ2v) is 8.96. The number of carbonyl (C=O) groups excluding carboxylic acids is 1. The monoisotopic (exact) mass is 414 g/mol. The lowest BCUT2D eigenvalue weighted by atomic mass is 9.97. The van der Waals surface area contributed by atoms with Crippen molar-refractivity contribution in [1.29, 1.82) is 0 Å². The molecule has 2 N–H and O–H groups in total. The fourth-order valence-corrected chi connectivity index (χ4v) is 5.11. The van der Waals surface area contributed by atoms with Crippen LogP contribution in [-0.4, -0.2) is 35.4 Å². The molecule has 1 aliphatic rings. The summed E-state index contributed by atoms with van der Waals surface area (Å²) >= 11 is 7.86. The second-order valence-electron chi connectivity index (χ2n) is 7.46. The number of nitrogens with zero attached hydrogens (tertiary/aromatic N) is 2. The molecule has 2 heterocycles. The topological polar surface area (TPSA) is 49.8 Å². The minimum absolute atomic E-state index is 0.211. The van der Waals surface area contributed by atoms with Crippen molar-refractivity contribution >= 4 is 39.1 Å². The van der Waals surface area contributed by atoms with Crippen molar-refractivity contribution < 1.29 is 10.1 Å².